The maximum absolute atomic E-state index is 13.0. The van der Waals surface area contributed by atoms with E-state index in [4.69, 9.17) is 4.98 Å². The summed E-state index contributed by atoms with van der Waals surface area (Å²) in [5.41, 5.74) is 4.50. The second-order valence-corrected chi connectivity index (χ2v) is 11.0. The molecule has 0 aliphatic carbocycles. The lowest BCUT2D eigenvalue weighted by Gasteiger charge is -2.34. The first-order chi connectivity index (χ1) is 16.5. The zero-order valence-corrected chi connectivity index (χ0v) is 21.2. The normalized spacial score (nSPS) is 19.7. The Morgan fingerprint density at radius 3 is 2.56 bits per heavy atom. The number of carbonyl (C=O) groups is 1. The number of fused-ring (bicyclic) bond motifs is 3. The van der Waals surface area contributed by atoms with Gasteiger partial charge in [-0.3, -0.25) is 4.79 Å². The number of benzene rings is 1. The molecule has 0 unspecified atom stereocenters. The highest BCUT2D eigenvalue weighted by Gasteiger charge is 2.32. The number of aromatic nitrogens is 1. The van der Waals surface area contributed by atoms with Crippen molar-refractivity contribution in [3.63, 3.8) is 0 Å². The first-order valence-electron chi connectivity index (χ1n) is 12.5. The molecule has 7 heteroatoms. The molecule has 2 bridgehead atoms. The molecule has 1 aromatic carbocycles. The Balaban J connectivity index is 1.19. The molecule has 2 aliphatic heterocycles. The number of pyridine rings is 1. The van der Waals surface area contributed by atoms with Crippen molar-refractivity contribution < 1.29 is 4.79 Å². The molecule has 2 aromatic heterocycles. The lowest BCUT2D eigenvalue weighted by molar-refractivity contribution is 0.0959. The summed E-state index contributed by atoms with van der Waals surface area (Å²) in [6, 6.07) is 14.3. The van der Waals surface area contributed by atoms with Crippen LogP contribution < -0.4 is 20.9 Å². The fourth-order valence-corrected chi connectivity index (χ4v) is 6.35. The average Bonchev–Trinajstić information content (AvgIpc) is 3.37. The summed E-state index contributed by atoms with van der Waals surface area (Å²) in [5.74, 6) is 0.517. The molecule has 3 N–H and O–H groups in total. The fraction of sp³-hybridized carbons (Fsp3) is 0.481. The molecular weight excluding hydrogens is 442 g/mol. The summed E-state index contributed by atoms with van der Waals surface area (Å²) in [7, 11) is 1.87. The van der Waals surface area contributed by atoms with Gasteiger partial charge in [-0.2, -0.15) is 0 Å². The van der Waals surface area contributed by atoms with Gasteiger partial charge in [0, 0.05) is 55.5 Å². The number of nitrogens with zero attached hydrogens (tertiary/aromatic N) is 2. The first kappa shape index (κ1) is 23.1. The van der Waals surface area contributed by atoms with Crippen LogP contribution in [0.5, 0.6) is 0 Å². The van der Waals surface area contributed by atoms with E-state index in [-0.39, 0.29) is 5.91 Å². The maximum atomic E-state index is 13.0. The smallest absolute Gasteiger partial charge is 0.263 e. The van der Waals surface area contributed by atoms with E-state index in [1.807, 2.05) is 7.05 Å². The SMILES string of the molecule is CNc1c(C(=O)NCCc2ccc(N3C[C@H]4CC[C@@H](C3)N4)cc2)sc2nc(CC(C)C)ccc12. The van der Waals surface area contributed by atoms with E-state index in [1.54, 1.807) is 0 Å². The first-order valence-corrected chi connectivity index (χ1v) is 13.3. The molecule has 2 aliphatic rings. The summed E-state index contributed by atoms with van der Waals surface area (Å²) in [6.07, 6.45) is 4.35. The molecule has 2 fully saturated rings. The molecule has 0 spiro atoms. The topological polar surface area (TPSA) is 69.3 Å². The van der Waals surface area contributed by atoms with Gasteiger partial charge in [0.2, 0.25) is 0 Å². The number of piperazine rings is 1. The highest BCUT2D eigenvalue weighted by Crippen LogP contribution is 2.35. The third-order valence-corrected chi connectivity index (χ3v) is 8.00. The number of amides is 1. The molecule has 34 heavy (non-hydrogen) atoms. The van der Waals surface area contributed by atoms with Gasteiger partial charge in [0.05, 0.1) is 5.69 Å². The number of hydrogen-bond acceptors (Lipinski definition) is 6. The standard InChI is InChI=1S/C27H35N5OS/c1-17(2)14-19-8-11-23-24(28-3)25(34-27(23)31-19)26(33)29-13-12-18-4-9-22(10-5-18)32-15-20-6-7-21(16-32)30-20/h4-5,8-11,17,20-21,28,30H,6-7,12-16H2,1-3H3,(H,29,33)/t20-,21+. The molecule has 2 saturated heterocycles. The van der Waals surface area contributed by atoms with Crippen molar-refractivity contribution >= 4 is 38.8 Å². The van der Waals surface area contributed by atoms with Gasteiger partial charge in [0.15, 0.2) is 0 Å². The van der Waals surface area contributed by atoms with Gasteiger partial charge in [0.1, 0.15) is 9.71 Å². The Kier molecular flexibility index (Phi) is 6.75. The Labute approximate surface area is 206 Å². The Morgan fingerprint density at radius 1 is 1.15 bits per heavy atom. The molecule has 1 amide bonds. The van der Waals surface area contributed by atoms with E-state index in [1.165, 1.54) is 35.4 Å². The summed E-state index contributed by atoms with van der Waals surface area (Å²) in [5, 5.41) is 11.0. The molecule has 0 saturated carbocycles. The van der Waals surface area contributed by atoms with Gasteiger partial charge < -0.3 is 20.9 Å². The summed E-state index contributed by atoms with van der Waals surface area (Å²) in [6.45, 7) is 7.20. The maximum Gasteiger partial charge on any atom is 0.263 e. The highest BCUT2D eigenvalue weighted by atomic mass is 32.1. The van der Waals surface area contributed by atoms with Gasteiger partial charge >= 0.3 is 0 Å². The number of rotatable bonds is 8. The lowest BCUT2D eigenvalue weighted by Crippen LogP contribution is -2.51. The number of nitrogens with one attached hydrogen (secondary N) is 3. The minimum absolute atomic E-state index is 0.0364. The second kappa shape index (κ2) is 9.92. The summed E-state index contributed by atoms with van der Waals surface area (Å²) < 4.78 is 0. The highest BCUT2D eigenvalue weighted by molar-refractivity contribution is 7.21. The molecule has 4 heterocycles. The zero-order valence-electron chi connectivity index (χ0n) is 20.4. The molecule has 3 aromatic rings. The molecule has 6 nitrogen and oxygen atoms in total. The minimum atomic E-state index is -0.0364. The van der Waals surface area contributed by atoms with Crippen LogP contribution in [0.15, 0.2) is 36.4 Å². The zero-order chi connectivity index (χ0) is 23.7. The fourth-order valence-electron chi connectivity index (χ4n) is 5.24. The van der Waals surface area contributed by atoms with Crippen LogP contribution in [-0.4, -0.2) is 49.7 Å². The van der Waals surface area contributed by atoms with Crippen molar-refractivity contribution in [3.8, 4) is 0 Å². The van der Waals surface area contributed by atoms with E-state index in [0.29, 0.717) is 29.4 Å². The van der Waals surface area contributed by atoms with Crippen LogP contribution in [0.1, 0.15) is 47.6 Å². The van der Waals surface area contributed by atoms with Crippen LogP contribution in [-0.2, 0) is 12.8 Å². The van der Waals surface area contributed by atoms with Crippen LogP contribution in [0.4, 0.5) is 11.4 Å². The largest absolute Gasteiger partial charge is 0.386 e. The number of carbonyl (C=O) groups excluding carboxylic acids is 1. The third-order valence-electron chi connectivity index (χ3n) is 6.90. The van der Waals surface area contributed by atoms with Crippen molar-refractivity contribution in [2.45, 2.75) is 51.6 Å². The molecule has 2 atom stereocenters. The number of hydrogen-bond donors (Lipinski definition) is 3. The third kappa shape index (κ3) is 4.91. The van der Waals surface area contributed by atoms with Crippen molar-refractivity contribution in [1.29, 1.82) is 0 Å². The molecular formula is C27H35N5OS. The summed E-state index contributed by atoms with van der Waals surface area (Å²) >= 11 is 1.47. The van der Waals surface area contributed by atoms with Crippen LogP contribution in [0, 0.1) is 5.92 Å². The predicted octanol–water partition coefficient (Wildman–Crippen LogP) is 4.45. The van der Waals surface area contributed by atoms with Crippen molar-refractivity contribution in [3.05, 3.63) is 52.5 Å². The van der Waals surface area contributed by atoms with Gasteiger partial charge in [-0.25, -0.2) is 4.98 Å². The van der Waals surface area contributed by atoms with Gasteiger partial charge in [-0.05, 0) is 61.4 Å². The molecule has 5 rings (SSSR count). The monoisotopic (exact) mass is 477 g/mol. The van der Waals surface area contributed by atoms with Gasteiger partial charge in [-0.15, -0.1) is 11.3 Å². The van der Waals surface area contributed by atoms with E-state index in [2.05, 4.69) is 71.1 Å². The molecule has 180 valence electrons. The Hall–Kier alpha value is -2.64. The number of thiophene rings is 1. The summed E-state index contributed by atoms with van der Waals surface area (Å²) in [4.78, 5) is 21.9. The second-order valence-electron chi connectivity index (χ2n) is 10.0. The minimum Gasteiger partial charge on any atom is -0.386 e. The van der Waals surface area contributed by atoms with Crippen LogP contribution in [0.2, 0.25) is 0 Å². The van der Waals surface area contributed by atoms with Crippen LogP contribution in [0.25, 0.3) is 10.2 Å². The average molecular weight is 478 g/mol. The lowest BCUT2D eigenvalue weighted by atomic mass is 10.1. The van der Waals surface area contributed by atoms with E-state index in [9.17, 15) is 4.79 Å². The predicted molar refractivity (Wildman–Crippen MR) is 142 cm³/mol. The van der Waals surface area contributed by atoms with Crippen molar-refractivity contribution in [2.75, 3.05) is 36.9 Å². The van der Waals surface area contributed by atoms with Gasteiger partial charge in [0.25, 0.3) is 5.91 Å². The van der Waals surface area contributed by atoms with Crippen LogP contribution in [0.3, 0.4) is 0 Å². The van der Waals surface area contributed by atoms with E-state index in [0.717, 1.165) is 47.5 Å². The van der Waals surface area contributed by atoms with Crippen molar-refractivity contribution in [2.24, 2.45) is 5.92 Å². The van der Waals surface area contributed by atoms with Crippen molar-refractivity contribution in [1.82, 2.24) is 15.6 Å². The molecule has 0 radical (unpaired) electrons. The quantitative estimate of drug-likeness (QED) is 0.447. The van der Waals surface area contributed by atoms with E-state index < -0.39 is 0 Å². The van der Waals surface area contributed by atoms with Crippen LogP contribution >= 0.6 is 11.3 Å². The van der Waals surface area contributed by atoms with Gasteiger partial charge in [-0.1, -0.05) is 26.0 Å². The van der Waals surface area contributed by atoms with E-state index >= 15 is 0 Å². The Morgan fingerprint density at radius 2 is 1.88 bits per heavy atom. The Bertz CT molecular complexity index is 1140. The number of anilines is 2.